The lowest BCUT2D eigenvalue weighted by Gasteiger charge is -2.23. The van der Waals surface area contributed by atoms with Crippen LogP contribution in [-0.4, -0.2) is 47.1 Å². The van der Waals surface area contributed by atoms with Crippen molar-refractivity contribution in [3.05, 3.63) is 54.1 Å². The van der Waals surface area contributed by atoms with Crippen LogP contribution in [0, 0.1) is 0 Å². The second-order valence-corrected chi connectivity index (χ2v) is 7.85. The van der Waals surface area contributed by atoms with Gasteiger partial charge in [-0.25, -0.2) is 13.8 Å². The number of methoxy groups -OCH3 is 2. The molecule has 0 fully saturated rings. The van der Waals surface area contributed by atoms with Crippen LogP contribution in [-0.2, 0) is 14.8 Å². The topological polar surface area (TPSA) is 97.3 Å². The number of hydrazone groups is 1. The standard InChI is InChI=1S/C19H23N3O5S/c1-4-28(24,25)22(16-7-11-18(27-3)12-8-16)14-19(23)21-20-13-15-5-9-17(26-2)10-6-15/h5-13H,4,14H2,1-3H3,(H,21,23)/b20-13-. The van der Waals surface area contributed by atoms with Crippen LogP contribution in [0.25, 0.3) is 0 Å². The summed E-state index contributed by atoms with van der Waals surface area (Å²) in [5, 5.41) is 3.87. The third kappa shape index (κ3) is 5.71. The Morgan fingerprint density at radius 3 is 2.07 bits per heavy atom. The van der Waals surface area contributed by atoms with Gasteiger partial charge in [-0.15, -0.1) is 0 Å². The van der Waals surface area contributed by atoms with Crippen molar-refractivity contribution >= 4 is 27.8 Å². The Balaban J connectivity index is 2.07. The maximum atomic E-state index is 12.4. The molecule has 0 bridgehead atoms. The highest BCUT2D eigenvalue weighted by molar-refractivity contribution is 7.92. The van der Waals surface area contributed by atoms with Crippen molar-refractivity contribution < 1.29 is 22.7 Å². The Bertz CT molecular complexity index is 910. The monoisotopic (exact) mass is 405 g/mol. The van der Waals surface area contributed by atoms with E-state index in [-0.39, 0.29) is 12.3 Å². The predicted octanol–water partition coefficient (Wildman–Crippen LogP) is 2.01. The fourth-order valence-electron chi connectivity index (χ4n) is 2.29. The molecule has 0 atom stereocenters. The Morgan fingerprint density at radius 2 is 1.57 bits per heavy atom. The average molecular weight is 405 g/mol. The van der Waals surface area contributed by atoms with E-state index < -0.39 is 15.9 Å². The molecule has 0 spiro atoms. The van der Waals surface area contributed by atoms with Crippen LogP contribution >= 0.6 is 0 Å². The van der Waals surface area contributed by atoms with Crippen LogP contribution in [0.3, 0.4) is 0 Å². The van der Waals surface area contributed by atoms with Crippen molar-refractivity contribution in [2.45, 2.75) is 6.92 Å². The highest BCUT2D eigenvalue weighted by Gasteiger charge is 2.23. The molecule has 1 amide bonds. The van der Waals surface area contributed by atoms with E-state index in [0.717, 1.165) is 9.87 Å². The van der Waals surface area contributed by atoms with Crippen LogP contribution in [0.15, 0.2) is 53.6 Å². The van der Waals surface area contributed by atoms with Gasteiger partial charge in [-0.3, -0.25) is 9.10 Å². The van der Waals surface area contributed by atoms with Gasteiger partial charge >= 0.3 is 0 Å². The second-order valence-electron chi connectivity index (χ2n) is 5.67. The minimum atomic E-state index is -3.65. The number of carbonyl (C=O) groups is 1. The molecule has 0 saturated heterocycles. The van der Waals surface area contributed by atoms with Gasteiger partial charge in [0, 0.05) is 0 Å². The zero-order valence-electron chi connectivity index (χ0n) is 16.0. The molecular formula is C19H23N3O5S. The molecule has 1 N–H and O–H groups in total. The zero-order chi connectivity index (χ0) is 20.6. The molecule has 0 aromatic heterocycles. The molecule has 9 heteroatoms. The first-order valence-electron chi connectivity index (χ1n) is 8.50. The number of nitrogens with zero attached hydrogens (tertiary/aromatic N) is 2. The molecule has 2 rings (SSSR count). The lowest BCUT2D eigenvalue weighted by molar-refractivity contribution is -0.119. The van der Waals surface area contributed by atoms with Crippen LogP contribution in [0.4, 0.5) is 5.69 Å². The van der Waals surface area contributed by atoms with Gasteiger partial charge in [0.2, 0.25) is 10.0 Å². The molecule has 28 heavy (non-hydrogen) atoms. The number of ether oxygens (including phenoxy) is 2. The van der Waals surface area contributed by atoms with Gasteiger partial charge < -0.3 is 9.47 Å². The Morgan fingerprint density at radius 1 is 1.04 bits per heavy atom. The molecule has 2 aromatic carbocycles. The number of amides is 1. The number of carbonyl (C=O) groups excluding carboxylic acids is 1. The summed E-state index contributed by atoms with van der Waals surface area (Å²) in [7, 11) is -0.558. The smallest absolute Gasteiger partial charge is 0.260 e. The summed E-state index contributed by atoms with van der Waals surface area (Å²) in [6.07, 6.45) is 1.46. The van der Waals surface area contributed by atoms with E-state index in [2.05, 4.69) is 10.5 Å². The summed E-state index contributed by atoms with van der Waals surface area (Å²) < 4.78 is 36.0. The van der Waals surface area contributed by atoms with Crippen molar-refractivity contribution in [1.29, 1.82) is 0 Å². The van der Waals surface area contributed by atoms with Gasteiger partial charge in [0.1, 0.15) is 18.0 Å². The van der Waals surface area contributed by atoms with E-state index in [9.17, 15) is 13.2 Å². The molecule has 0 radical (unpaired) electrons. The number of rotatable bonds is 9. The molecule has 8 nitrogen and oxygen atoms in total. The SMILES string of the molecule is CCS(=O)(=O)N(CC(=O)N/N=C\c1ccc(OC)cc1)c1ccc(OC)cc1. The first kappa shape index (κ1) is 21.2. The molecule has 0 unspecified atom stereocenters. The summed E-state index contributed by atoms with van der Waals surface area (Å²) in [6.45, 7) is 1.13. The molecular weight excluding hydrogens is 382 g/mol. The second kappa shape index (κ2) is 9.75. The molecule has 0 aliphatic rings. The van der Waals surface area contributed by atoms with E-state index in [1.807, 2.05) is 0 Å². The van der Waals surface area contributed by atoms with Crippen LogP contribution in [0.2, 0.25) is 0 Å². The number of nitrogens with one attached hydrogen (secondary N) is 1. The van der Waals surface area contributed by atoms with E-state index >= 15 is 0 Å². The maximum Gasteiger partial charge on any atom is 0.260 e. The number of hydrogen-bond donors (Lipinski definition) is 1. The maximum absolute atomic E-state index is 12.4. The lowest BCUT2D eigenvalue weighted by Crippen LogP contribution is -2.40. The van der Waals surface area contributed by atoms with E-state index in [4.69, 9.17) is 9.47 Å². The normalized spacial score (nSPS) is 11.2. The van der Waals surface area contributed by atoms with E-state index in [0.29, 0.717) is 17.2 Å². The molecule has 0 aliphatic heterocycles. The van der Waals surface area contributed by atoms with Crippen LogP contribution < -0.4 is 19.2 Å². The number of sulfonamides is 1. The van der Waals surface area contributed by atoms with Gasteiger partial charge in [0.05, 0.1) is 31.9 Å². The molecule has 2 aromatic rings. The summed E-state index contributed by atoms with van der Waals surface area (Å²) in [4.78, 5) is 12.2. The van der Waals surface area contributed by atoms with Crippen molar-refractivity contribution in [2.24, 2.45) is 5.10 Å². The van der Waals surface area contributed by atoms with Gasteiger partial charge in [0.25, 0.3) is 5.91 Å². The summed E-state index contributed by atoms with van der Waals surface area (Å²) in [6, 6.07) is 13.5. The Labute approximate surface area is 164 Å². The summed E-state index contributed by atoms with van der Waals surface area (Å²) in [5.74, 6) is 0.603. The first-order chi connectivity index (χ1) is 13.4. The number of benzene rings is 2. The van der Waals surface area contributed by atoms with E-state index in [1.54, 1.807) is 55.6 Å². The Kier molecular flexibility index (Phi) is 7.39. The third-order valence-electron chi connectivity index (χ3n) is 3.87. The van der Waals surface area contributed by atoms with Crippen molar-refractivity contribution in [3.8, 4) is 11.5 Å². The summed E-state index contributed by atoms with van der Waals surface area (Å²) >= 11 is 0. The fourth-order valence-corrected chi connectivity index (χ4v) is 3.36. The minimum Gasteiger partial charge on any atom is -0.497 e. The summed E-state index contributed by atoms with van der Waals surface area (Å²) in [5.41, 5.74) is 3.48. The van der Waals surface area contributed by atoms with Gasteiger partial charge in [-0.2, -0.15) is 5.10 Å². The fraction of sp³-hybridized carbons (Fsp3) is 0.263. The van der Waals surface area contributed by atoms with Crippen molar-refractivity contribution in [1.82, 2.24) is 5.43 Å². The highest BCUT2D eigenvalue weighted by Crippen LogP contribution is 2.22. The van der Waals surface area contributed by atoms with Gasteiger partial charge in [0.15, 0.2) is 0 Å². The predicted molar refractivity (Wildman–Crippen MR) is 109 cm³/mol. The van der Waals surface area contributed by atoms with Crippen molar-refractivity contribution in [3.63, 3.8) is 0 Å². The van der Waals surface area contributed by atoms with E-state index in [1.165, 1.54) is 20.2 Å². The average Bonchev–Trinajstić information content (AvgIpc) is 2.72. The van der Waals surface area contributed by atoms with Gasteiger partial charge in [-0.05, 0) is 61.0 Å². The third-order valence-corrected chi connectivity index (χ3v) is 5.61. The quantitative estimate of drug-likeness (QED) is 0.508. The van der Waals surface area contributed by atoms with Crippen molar-refractivity contribution in [2.75, 3.05) is 30.8 Å². The molecule has 0 heterocycles. The minimum absolute atomic E-state index is 0.137. The zero-order valence-corrected chi connectivity index (χ0v) is 16.8. The molecule has 0 aliphatic carbocycles. The van der Waals surface area contributed by atoms with Crippen LogP contribution in [0.5, 0.6) is 11.5 Å². The van der Waals surface area contributed by atoms with Crippen LogP contribution in [0.1, 0.15) is 12.5 Å². The highest BCUT2D eigenvalue weighted by atomic mass is 32.2. The largest absolute Gasteiger partial charge is 0.497 e. The molecule has 0 saturated carbocycles. The Hall–Kier alpha value is -3.07. The first-order valence-corrected chi connectivity index (χ1v) is 10.1. The number of anilines is 1. The number of hydrogen-bond acceptors (Lipinski definition) is 6. The van der Waals surface area contributed by atoms with Gasteiger partial charge in [-0.1, -0.05) is 0 Å². The lowest BCUT2D eigenvalue weighted by atomic mass is 10.2. The molecule has 150 valence electrons.